The Kier molecular flexibility index (Phi) is 4.27. The number of nitrogens with zero attached hydrogens (tertiary/aromatic N) is 2. The van der Waals surface area contributed by atoms with Gasteiger partial charge in [0.15, 0.2) is 0 Å². The summed E-state index contributed by atoms with van der Waals surface area (Å²) in [5.74, 6) is -0.0401. The Bertz CT molecular complexity index is 1060. The highest BCUT2D eigenvalue weighted by atomic mass is 32.2. The third-order valence-electron chi connectivity index (χ3n) is 4.93. The first kappa shape index (κ1) is 17.7. The molecule has 142 valence electrons. The van der Waals surface area contributed by atoms with Gasteiger partial charge in [-0.2, -0.15) is 4.31 Å². The van der Waals surface area contributed by atoms with Crippen molar-refractivity contribution in [2.45, 2.75) is 23.4 Å². The second-order valence-corrected chi connectivity index (χ2v) is 8.62. The average Bonchev–Trinajstić information content (AvgIpc) is 3.02. The van der Waals surface area contributed by atoms with Crippen LogP contribution in [0.4, 0.5) is 0 Å². The van der Waals surface area contributed by atoms with E-state index in [1.165, 1.54) is 27.2 Å². The number of aryl methyl sites for hydroxylation is 1. The second-order valence-electron chi connectivity index (χ2n) is 6.76. The third-order valence-corrected chi connectivity index (χ3v) is 6.89. The molecule has 1 N–H and O–H groups in total. The molecule has 3 heterocycles. The molecule has 1 amide bonds. The number of pyridine rings is 1. The monoisotopic (exact) mass is 389 g/mol. The zero-order valence-electron chi connectivity index (χ0n) is 14.7. The van der Waals surface area contributed by atoms with Crippen LogP contribution in [0.5, 0.6) is 5.75 Å². The van der Waals surface area contributed by atoms with E-state index in [9.17, 15) is 18.0 Å². The number of hydrogen-bond donors (Lipinski definition) is 1. The molecule has 27 heavy (non-hydrogen) atoms. The first-order chi connectivity index (χ1) is 12.9. The van der Waals surface area contributed by atoms with Crippen molar-refractivity contribution in [1.29, 1.82) is 0 Å². The number of rotatable bonds is 2. The summed E-state index contributed by atoms with van der Waals surface area (Å²) in [5.41, 5.74) is -0.0276. The molecule has 2 aliphatic rings. The maximum Gasteiger partial charge on any atom is 0.251 e. The van der Waals surface area contributed by atoms with Gasteiger partial charge in [0, 0.05) is 37.5 Å². The Labute approximate surface area is 156 Å². The second kappa shape index (κ2) is 6.50. The van der Waals surface area contributed by atoms with Gasteiger partial charge in [-0.3, -0.25) is 9.59 Å². The molecule has 0 saturated carbocycles. The SMILES string of the molecule is Cn1ccc(C(=O)N[C@H]2C[C@H]3COc4ccccc4S(=O)(=O)N3C2)cc1=O. The van der Waals surface area contributed by atoms with E-state index < -0.39 is 15.9 Å². The quantitative estimate of drug-likeness (QED) is 0.799. The molecule has 1 aromatic carbocycles. The first-order valence-corrected chi connectivity index (χ1v) is 10.0. The van der Waals surface area contributed by atoms with Crippen LogP contribution >= 0.6 is 0 Å². The number of para-hydroxylation sites is 1. The summed E-state index contributed by atoms with van der Waals surface area (Å²) in [6.45, 7) is 0.399. The van der Waals surface area contributed by atoms with Gasteiger partial charge < -0.3 is 14.6 Å². The van der Waals surface area contributed by atoms with E-state index in [0.29, 0.717) is 12.2 Å². The van der Waals surface area contributed by atoms with Crippen molar-refractivity contribution in [1.82, 2.24) is 14.2 Å². The van der Waals surface area contributed by atoms with Gasteiger partial charge in [-0.05, 0) is 24.6 Å². The number of benzene rings is 1. The van der Waals surface area contributed by atoms with Crippen molar-refractivity contribution in [3.63, 3.8) is 0 Å². The number of aromatic nitrogens is 1. The van der Waals surface area contributed by atoms with Crippen LogP contribution in [0, 0.1) is 0 Å². The van der Waals surface area contributed by atoms with Gasteiger partial charge in [0.05, 0.1) is 6.04 Å². The van der Waals surface area contributed by atoms with Crippen molar-refractivity contribution in [2.24, 2.45) is 7.05 Å². The lowest BCUT2D eigenvalue weighted by Gasteiger charge is -2.19. The Morgan fingerprint density at radius 1 is 1.26 bits per heavy atom. The standard InChI is InChI=1S/C18H19N3O5S/c1-20-7-6-12(8-17(20)22)18(23)19-13-9-14-11-26-15-4-2-3-5-16(15)27(24,25)21(14)10-13/h2-8,13-14H,9-11H2,1H3,(H,19,23)/t13-,14-/m0/s1. The van der Waals surface area contributed by atoms with Crippen LogP contribution in [0.3, 0.4) is 0 Å². The molecule has 8 nitrogen and oxygen atoms in total. The van der Waals surface area contributed by atoms with Crippen LogP contribution in [0.25, 0.3) is 0 Å². The summed E-state index contributed by atoms with van der Waals surface area (Å²) in [4.78, 5) is 24.3. The molecule has 0 bridgehead atoms. The molecule has 1 fully saturated rings. The fraction of sp³-hybridized carbons (Fsp3) is 0.333. The fourth-order valence-electron chi connectivity index (χ4n) is 3.49. The van der Waals surface area contributed by atoms with Gasteiger partial charge in [-0.15, -0.1) is 0 Å². The molecule has 2 atom stereocenters. The first-order valence-electron chi connectivity index (χ1n) is 8.57. The predicted octanol–water partition coefficient (Wildman–Crippen LogP) is 0.339. The van der Waals surface area contributed by atoms with Crippen molar-refractivity contribution in [2.75, 3.05) is 13.2 Å². The van der Waals surface area contributed by atoms with Gasteiger partial charge >= 0.3 is 0 Å². The van der Waals surface area contributed by atoms with Gasteiger partial charge in [0.2, 0.25) is 10.0 Å². The summed E-state index contributed by atoms with van der Waals surface area (Å²) in [5, 5.41) is 2.83. The molecule has 4 rings (SSSR count). The van der Waals surface area contributed by atoms with Crippen molar-refractivity contribution in [3.05, 3.63) is 58.5 Å². The molecule has 9 heteroatoms. The minimum Gasteiger partial charge on any atom is -0.490 e. The van der Waals surface area contributed by atoms with E-state index in [0.717, 1.165) is 0 Å². The molecule has 1 saturated heterocycles. The van der Waals surface area contributed by atoms with Crippen LogP contribution in [0.1, 0.15) is 16.8 Å². The van der Waals surface area contributed by atoms with E-state index in [1.807, 2.05) is 0 Å². The zero-order valence-corrected chi connectivity index (χ0v) is 15.5. The number of carbonyl (C=O) groups excluding carboxylic acids is 1. The minimum atomic E-state index is -3.70. The number of hydrogen-bond acceptors (Lipinski definition) is 5. The van der Waals surface area contributed by atoms with Crippen LogP contribution in [0.15, 0.2) is 52.3 Å². The average molecular weight is 389 g/mol. The number of nitrogens with one attached hydrogen (secondary N) is 1. The number of fused-ring (bicyclic) bond motifs is 2. The van der Waals surface area contributed by atoms with Crippen LogP contribution in [-0.2, 0) is 17.1 Å². The predicted molar refractivity (Wildman–Crippen MR) is 97.2 cm³/mol. The summed E-state index contributed by atoms with van der Waals surface area (Å²) in [6.07, 6.45) is 1.97. The van der Waals surface area contributed by atoms with Crippen LogP contribution in [-0.4, -0.2) is 48.4 Å². The normalized spacial score (nSPS) is 23.6. The Balaban J connectivity index is 1.54. The molecule has 0 unspecified atom stereocenters. The lowest BCUT2D eigenvalue weighted by atomic mass is 10.1. The molecule has 0 radical (unpaired) electrons. The van der Waals surface area contributed by atoms with Gasteiger partial charge in [0.25, 0.3) is 11.5 Å². The lowest BCUT2D eigenvalue weighted by molar-refractivity contribution is 0.0938. The molecule has 0 aliphatic carbocycles. The van der Waals surface area contributed by atoms with E-state index in [2.05, 4.69) is 5.32 Å². The van der Waals surface area contributed by atoms with Gasteiger partial charge in [-0.25, -0.2) is 8.42 Å². The molecule has 2 aliphatic heterocycles. The Morgan fingerprint density at radius 2 is 2.04 bits per heavy atom. The number of amides is 1. The smallest absolute Gasteiger partial charge is 0.251 e. The van der Waals surface area contributed by atoms with E-state index in [1.54, 1.807) is 31.3 Å². The molecule has 2 aromatic rings. The van der Waals surface area contributed by atoms with Crippen LogP contribution < -0.4 is 15.6 Å². The summed E-state index contributed by atoms with van der Waals surface area (Å²) < 4.78 is 34.4. The molecule has 0 spiro atoms. The molecular weight excluding hydrogens is 370 g/mol. The third kappa shape index (κ3) is 3.13. The maximum absolute atomic E-state index is 13.0. The number of carbonyl (C=O) groups is 1. The van der Waals surface area contributed by atoms with Crippen molar-refractivity contribution in [3.8, 4) is 5.75 Å². The largest absolute Gasteiger partial charge is 0.490 e. The van der Waals surface area contributed by atoms with E-state index >= 15 is 0 Å². The number of sulfonamides is 1. The zero-order chi connectivity index (χ0) is 19.2. The number of ether oxygens (including phenoxy) is 1. The highest BCUT2D eigenvalue weighted by Gasteiger charge is 2.44. The highest BCUT2D eigenvalue weighted by Crippen LogP contribution is 2.35. The van der Waals surface area contributed by atoms with Crippen molar-refractivity contribution < 1.29 is 17.9 Å². The Morgan fingerprint density at radius 3 is 2.81 bits per heavy atom. The van der Waals surface area contributed by atoms with Gasteiger partial charge in [-0.1, -0.05) is 12.1 Å². The highest BCUT2D eigenvalue weighted by molar-refractivity contribution is 7.89. The summed E-state index contributed by atoms with van der Waals surface area (Å²) >= 11 is 0. The van der Waals surface area contributed by atoms with Gasteiger partial charge in [0.1, 0.15) is 17.3 Å². The van der Waals surface area contributed by atoms with E-state index in [4.69, 9.17) is 4.74 Å². The fourth-order valence-corrected chi connectivity index (χ4v) is 5.29. The maximum atomic E-state index is 13.0. The molecular formula is C18H19N3O5S. The Hall–Kier alpha value is -2.65. The van der Waals surface area contributed by atoms with Crippen LogP contribution in [0.2, 0.25) is 0 Å². The van der Waals surface area contributed by atoms with Crippen molar-refractivity contribution >= 4 is 15.9 Å². The van der Waals surface area contributed by atoms with E-state index in [-0.39, 0.29) is 41.3 Å². The lowest BCUT2D eigenvalue weighted by Crippen LogP contribution is -2.39. The summed E-state index contributed by atoms with van der Waals surface area (Å²) in [7, 11) is -2.10. The topological polar surface area (TPSA) is 97.7 Å². The molecule has 1 aromatic heterocycles. The minimum absolute atomic E-state index is 0.144. The summed E-state index contributed by atoms with van der Waals surface area (Å²) in [6, 6.07) is 8.68.